The van der Waals surface area contributed by atoms with Crippen molar-refractivity contribution in [2.24, 2.45) is 5.41 Å². The first-order valence-corrected chi connectivity index (χ1v) is 5.48. The molecule has 0 unspecified atom stereocenters. The molecule has 0 heterocycles. The molecule has 0 aliphatic rings. The van der Waals surface area contributed by atoms with E-state index in [0.29, 0.717) is 6.54 Å². The molecule has 0 aliphatic heterocycles. The van der Waals surface area contributed by atoms with Gasteiger partial charge in [0, 0.05) is 6.54 Å². The van der Waals surface area contributed by atoms with Gasteiger partial charge in [0.05, 0.1) is 5.41 Å². The molecule has 0 amide bonds. The molecule has 1 rings (SSSR count). The van der Waals surface area contributed by atoms with Gasteiger partial charge in [0.15, 0.2) is 0 Å². The van der Waals surface area contributed by atoms with Gasteiger partial charge in [-0.1, -0.05) is 30.3 Å². The van der Waals surface area contributed by atoms with Gasteiger partial charge >= 0.3 is 5.97 Å². The summed E-state index contributed by atoms with van der Waals surface area (Å²) in [5.74, 6) is -0.236. The lowest BCUT2D eigenvalue weighted by molar-refractivity contribution is -0.160. The first kappa shape index (κ1) is 12.7. The molecule has 0 fully saturated rings. The van der Waals surface area contributed by atoms with Crippen LogP contribution in [0.1, 0.15) is 26.3 Å². The van der Waals surface area contributed by atoms with Crippen LogP contribution in [0.3, 0.4) is 0 Å². The van der Waals surface area contributed by atoms with Gasteiger partial charge in [-0.15, -0.1) is 0 Å². The third-order valence-electron chi connectivity index (χ3n) is 2.14. The first-order valence-electron chi connectivity index (χ1n) is 5.48. The van der Waals surface area contributed by atoms with Crippen LogP contribution in [0.4, 0.5) is 0 Å². The number of hydroxylamine groups is 1. The van der Waals surface area contributed by atoms with Crippen molar-refractivity contribution in [3.8, 4) is 0 Å². The van der Waals surface area contributed by atoms with Crippen molar-refractivity contribution in [3.63, 3.8) is 0 Å². The average Bonchev–Trinajstić information content (AvgIpc) is 2.24. The zero-order chi connectivity index (χ0) is 12.0. The maximum absolute atomic E-state index is 11.4. The SMILES string of the molecule is CC(C)(C)C(=O)ONCCc1ccccc1. The van der Waals surface area contributed by atoms with E-state index in [4.69, 9.17) is 4.84 Å². The van der Waals surface area contributed by atoms with Crippen LogP contribution in [0.15, 0.2) is 30.3 Å². The summed E-state index contributed by atoms with van der Waals surface area (Å²) < 4.78 is 0. The number of carbonyl (C=O) groups excluding carboxylic acids is 1. The molecule has 0 saturated heterocycles. The Morgan fingerprint density at radius 3 is 2.44 bits per heavy atom. The number of hydrogen-bond acceptors (Lipinski definition) is 3. The van der Waals surface area contributed by atoms with Gasteiger partial charge in [-0.2, -0.15) is 5.48 Å². The lowest BCUT2D eigenvalue weighted by atomic mass is 9.98. The lowest BCUT2D eigenvalue weighted by Gasteiger charge is -2.16. The molecule has 16 heavy (non-hydrogen) atoms. The lowest BCUT2D eigenvalue weighted by Crippen LogP contribution is -2.30. The predicted octanol–water partition coefficient (Wildman–Crippen LogP) is 2.32. The van der Waals surface area contributed by atoms with Gasteiger partial charge in [-0.05, 0) is 32.8 Å². The predicted molar refractivity (Wildman–Crippen MR) is 63.7 cm³/mol. The second-order valence-electron chi connectivity index (χ2n) is 4.77. The second-order valence-corrected chi connectivity index (χ2v) is 4.77. The summed E-state index contributed by atoms with van der Waals surface area (Å²) in [7, 11) is 0. The van der Waals surface area contributed by atoms with Crippen LogP contribution in [-0.4, -0.2) is 12.5 Å². The summed E-state index contributed by atoms with van der Waals surface area (Å²) >= 11 is 0. The van der Waals surface area contributed by atoms with Gasteiger partial charge in [-0.3, -0.25) is 0 Å². The van der Waals surface area contributed by atoms with Crippen LogP contribution in [-0.2, 0) is 16.1 Å². The number of rotatable bonds is 4. The van der Waals surface area contributed by atoms with Gasteiger partial charge in [-0.25, -0.2) is 4.79 Å². The van der Waals surface area contributed by atoms with E-state index in [-0.39, 0.29) is 5.97 Å². The first-order chi connectivity index (χ1) is 7.50. The van der Waals surface area contributed by atoms with E-state index < -0.39 is 5.41 Å². The third-order valence-corrected chi connectivity index (χ3v) is 2.14. The van der Waals surface area contributed by atoms with Crippen molar-refractivity contribution in [2.45, 2.75) is 27.2 Å². The van der Waals surface area contributed by atoms with E-state index in [2.05, 4.69) is 5.48 Å². The highest BCUT2D eigenvalue weighted by molar-refractivity contribution is 5.75. The van der Waals surface area contributed by atoms with E-state index >= 15 is 0 Å². The average molecular weight is 221 g/mol. The van der Waals surface area contributed by atoms with Crippen molar-refractivity contribution in [1.29, 1.82) is 0 Å². The Labute approximate surface area is 96.8 Å². The van der Waals surface area contributed by atoms with Gasteiger partial charge < -0.3 is 4.84 Å². The van der Waals surface area contributed by atoms with E-state index in [1.165, 1.54) is 5.56 Å². The minimum Gasteiger partial charge on any atom is -0.370 e. The summed E-state index contributed by atoms with van der Waals surface area (Å²) in [6.45, 7) is 6.11. The van der Waals surface area contributed by atoms with E-state index in [1.807, 2.05) is 51.1 Å². The van der Waals surface area contributed by atoms with E-state index in [1.54, 1.807) is 0 Å². The summed E-state index contributed by atoms with van der Waals surface area (Å²) in [6, 6.07) is 10.1. The van der Waals surface area contributed by atoms with E-state index in [0.717, 1.165) is 6.42 Å². The van der Waals surface area contributed by atoms with Crippen molar-refractivity contribution < 1.29 is 9.63 Å². The molecule has 3 heteroatoms. The largest absolute Gasteiger partial charge is 0.370 e. The van der Waals surface area contributed by atoms with Crippen molar-refractivity contribution in [2.75, 3.05) is 6.54 Å². The number of benzene rings is 1. The van der Waals surface area contributed by atoms with Crippen molar-refractivity contribution in [3.05, 3.63) is 35.9 Å². The van der Waals surface area contributed by atoms with Crippen LogP contribution >= 0.6 is 0 Å². The van der Waals surface area contributed by atoms with Crippen LogP contribution in [0.2, 0.25) is 0 Å². The Hall–Kier alpha value is -1.35. The molecule has 1 aromatic rings. The summed E-state index contributed by atoms with van der Waals surface area (Å²) in [5, 5.41) is 0. The molecule has 0 saturated carbocycles. The quantitative estimate of drug-likeness (QED) is 0.626. The fourth-order valence-electron chi connectivity index (χ4n) is 1.11. The van der Waals surface area contributed by atoms with Crippen LogP contribution in [0.5, 0.6) is 0 Å². The molecule has 0 aliphatic carbocycles. The fraction of sp³-hybridized carbons (Fsp3) is 0.462. The topological polar surface area (TPSA) is 38.3 Å². The zero-order valence-corrected chi connectivity index (χ0v) is 10.1. The monoisotopic (exact) mass is 221 g/mol. The van der Waals surface area contributed by atoms with Crippen LogP contribution in [0.25, 0.3) is 0 Å². The minimum absolute atomic E-state index is 0.236. The molecular formula is C13H19NO2. The molecule has 88 valence electrons. The molecule has 1 aromatic carbocycles. The Balaban J connectivity index is 2.20. The van der Waals surface area contributed by atoms with Crippen molar-refractivity contribution in [1.82, 2.24) is 5.48 Å². The van der Waals surface area contributed by atoms with Crippen LogP contribution in [0, 0.1) is 5.41 Å². The molecular weight excluding hydrogens is 202 g/mol. The van der Waals surface area contributed by atoms with Gasteiger partial charge in [0.2, 0.25) is 0 Å². The molecule has 0 radical (unpaired) electrons. The highest BCUT2D eigenvalue weighted by atomic mass is 16.7. The summed E-state index contributed by atoms with van der Waals surface area (Å²) in [6.07, 6.45) is 0.845. The van der Waals surface area contributed by atoms with E-state index in [9.17, 15) is 4.79 Å². The zero-order valence-electron chi connectivity index (χ0n) is 10.1. The molecule has 0 bridgehead atoms. The maximum atomic E-state index is 11.4. The highest BCUT2D eigenvalue weighted by Crippen LogP contribution is 2.13. The normalized spacial score (nSPS) is 11.2. The molecule has 3 nitrogen and oxygen atoms in total. The second kappa shape index (κ2) is 5.66. The van der Waals surface area contributed by atoms with Gasteiger partial charge in [0.1, 0.15) is 0 Å². The summed E-state index contributed by atoms with van der Waals surface area (Å²) in [4.78, 5) is 16.3. The fourth-order valence-corrected chi connectivity index (χ4v) is 1.11. The number of carbonyl (C=O) groups is 1. The highest BCUT2D eigenvalue weighted by Gasteiger charge is 2.23. The summed E-state index contributed by atoms with van der Waals surface area (Å²) in [5.41, 5.74) is 3.46. The number of hydrogen-bond donors (Lipinski definition) is 1. The van der Waals surface area contributed by atoms with Crippen LogP contribution < -0.4 is 5.48 Å². The standard InChI is InChI=1S/C13H19NO2/c1-13(2,3)12(15)16-14-10-9-11-7-5-4-6-8-11/h4-8,14H,9-10H2,1-3H3. The Kier molecular flexibility index (Phi) is 4.50. The number of nitrogens with one attached hydrogen (secondary N) is 1. The maximum Gasteiger partial charge on any atom is 0.329 e. The smallest absolute Gasteiger partial charge is 0.329 e. The minimum atomic E-state index is -0.459. The Bertz CT molecular complexity index is 328. The van der Waals surface area contributed by atoms with Crippen molar-refractivity contribution >= 4 is 5.97 Å². The molecule has 0 spiro atoms. The Morgan fingerprint density at radius 1 is 1.25 bits per heavy atom. The molecule has 0 aromatic heterocycles. The third kappa shape index (κ3) is 4.45. The van der Waals surface area contributed by atoms with Gasteiger partial charge in [0.25, 0.3) is 0 Å². The molecule has 0 atom stereocenters. The Morgan fingerprint density at radius 2 is 1.88 bits per heavy atom. The molecule has 1 N–H and O–H groups in total.